The summed E-state index contributed by atoms with van der Waals surface area (Å²) in [6, 6.07) is 18.0. The average Bonchev–Trinajstić information content (AvgIpc) is 3.22. The van der Waals surface area contributed by atoms with Gasteiger partial charge in [0.1, 0.15) is 0 Å². The van der Waals surface area contributed by atoms with Crippen LogP contribution in [0.25, 0.3) is 5.69 Å². The lowest BCUT2D eigenvalue weighted by Crippen LogP contribution is -2.39. The summed E-state index contributed by atoms with van der Waals surface area (Å²) in [4.78, 5) is 18.4. The molecule has 0 radical (unpaired) electrons. The van der Waals surface area contributed by atoms with Crippen LogP contribution in [-0.2, 0) is 0 Å². The third-order valence-electron chi connectivity index (χ3n) is 4.72. The van der Waals surface area contributed by atoms with Gasteiger partial charge in [0.25, 0.3) is 0 Å². The molecule has 0 aliphatic rings. The first-order chi connectivity index (χ1) is 12.6. The second-order valence-corrected chi connectivity index (χ2v) is 6.43. The van der Waals surface area contributed by atoms with Crippen LogP contribution in [0.3, 0.4) is 0 Å². The van der Waals surface area contributed by atoms with Crippen LogP contribution in [0.4, 0.5) is 4.79 Å². The molecule has 5 heteroatoms. The molecule has 5 nitrogen and oxygen atoms in total. The number of imidazole rings is 1. The molecule has 0 unspecified atom stereocenters. The fraction of sp³-hybridized carbons (Fsp3) is 0.238. The number of nitrogens with zero attached hydrogens (tertiary/aromatic N) is 3. The van der Waals surface area contributed by atoms with Crippen LogP contribution in [-0.4, -0.2) is 27.5 Å². The van der Waals surface area contributed by atoms with E-state index in [-0.39, 0.29) is 18.1 Å². The van der Waals surface area contributed by atoms with Gasteiger partial charge in [-0.25, -0.2) is 9.78 Å². The minimum absolute atomic E-state index is 0.00650. The molecule has 1 aromatic heterocycles. The zero-order chi connectivity index (χ0) is 18.5. The SMILES string of the molecule is C[C@H](NC(=O)N(C)[C@H](C)c1ccccc1)c1ccc(-n2ccnc2)cc1. The van der Waals surface area contributed by atoms with Crippen LogP contribution in [0.15, 0.2) is 73.3 Å². The Hall–Kier alpha value is -3.08. The third kappa shape index (κ3) is 3.94. The van der Waals surface area contributed by atoms with E-state index >= 15 is 0 Å². The Morgan fingerprint density at radius 1 is 1.04 bits per heavy atom. The standard InChI is InChI=1S/C21H24N4O/c1-16(18-9-11-20(12-10-18)25-14-13-22-15-25)23-21(26)24(3)17(2)19-7-5-4-6-8-19/h4-17H,1-3H3,(H,23,26)/t16-,17+/m0/s1. The van der Waals surface area contributed by atoms with Gasteiger partial charge in [-0.2, -0.15) is 0 Å². The molecule has 3 rings (SSSR count). The second-order valence-electron chi connectivity index (χ2n) is 6.43. The monoisotopic (exact) mass is 348 g/mol. The number of carbonyl (C=O) groups is 1. The number of carbonyl (C=O) groups excluding carboxylic acids is 1. The van der Waals surface area contributed by atoms with Crippen LogP contribution in [0.2, 0.25) is 0 Å². The van der Waals surface area contributed by atoms with Gasteiger partial charge in [-0.05, 0) is 37.1 Å². The minimum Gasteiger partial charge on any atom is -0.331 e. The molecule has 2 amide bonds. The molecular formula is C21H24N4O. The van der Waals surface area contributed by atoms with E-state index in [9.17, 15) is 4.79 Å². The molecule has 0 saturated carbocycles. The maximum Gasteiger partial charge on any atom is 0.318 e. The number of nitrogens with one attached hydrogen (secondary N) is 1. The van der Waals surface area contributed by atoms with E-state index < -0.39 is 0 Å². The van der Waals surface area contributed by atoms with E-state index in [1.807, 2.05) is 86.3 Å². The molecule has 26 heavy (non-hydrogen) atoms. The Balaban J connectivity index is 1.63. The van der Waals surface area contributed by atoms with Crippen molar-refractivity contribution in [3.8, 4) is 5.69 Å². The molecule has 134 valence electrons. The highest BCUT2D eigenvalue weighted by atomic mass is 16.2. The first-order valence-corrected chi connectivity index (χ1v) is 8.73. The highest BCUT2D eigenvalue weighted by Gasteiger charge is 2.19. The van der Waals surface area contributed by atoms with Gasteiger partial charge in [-0.15, -0.1) is 0 Å². The minimum atomic E-state index is -0.0902. The smallest absolute Gasteiger partial charge is 0.318 e. The van der Waals surface area contributed by atoms with E-state index in [4.69, 9.17) is 0 Å². The van der Waals surface area contributed by atoms with E-state index in [0.29, 0.717) is 0 Å². The summed E-state index contributed by atoms with van der Waals surface area (Å²) < 4.78 is 1.95. The van der Waals surface area contributed by atoms with E-state index in [1.54, 1.807) is 17.4 Å². The van der Waals surface area contributed by atoms with Crippen LogP contribution in [0.5, 0.6) is 0 Å². The Kier molecular flexibility index (Phi) is 5.37. The molecule has 0 aliphatic carbocycles. The Bertz CT molecular complexity index is 828. The number of hydrogen-bond donors (Lipinski definition) is 1. The lowest BCUT2D eigenvalue weighted by Gasteiger charge is -2.27. The van der Waals surface area contributed by atoms with Crippen LogP contribution >= 0.6 is 0 Å². The number of hydrogen-bond acceptors (Lipinski definition) is 2. The summed E-state index contributed by atoms with van der Waals surface area (Å²) in [6.45, 7) is 4.02. The van der Waals surface area contributed by atoms with Crippen molar-refractivity contribution in [2.24, 2.45) is 0 Å². The molecule has 0 aliphatic heterocycles. The van der Waals surface area contributed by atoms with Gasteiger partial charge in [0.05, 0.1) is 18.4 Å². The Morgan fingerprint density at radius 2 is 1.73 bits per heavy atom. The molecule has 3 aromatic rings. The Morgan fingerprint density at radius 3 is 2.35 bits per heavy atom. The topological polar surface area (TPSA) is 50.2 Å². The van der Waals surface area contributed by atoms with Crippen molar-refractivity contribution in [3.05, 3.63) is 84.4 Å². The van der Waals surface area contributed by atoms with Gasteiger partial charge in [-0.1, -0.05) is 42.5 Å². The second kappa shape index (κ2) is 7.87. The Labute approximate surface area is 154 Å². The third-order valence-corrected chi connectivity index (χ3v) is 4.72. The molecule has 0 saturated heterocycles. The summed E-state index contributed by atoms with van der Waals surface area (Å²) >= 11 is 0. The van der Waals surface area contributed by atoms with E-state index in [2.05, 4.69) is 10.3 Å². The van der Waals surface area contributed by atoms with Crippen molar-refractivity contribution >= 4 is 6.03 Å². The zero-order valence-electron chi connectivity index (χ0n) is 15.3. The highest BCUT2D eigenvalue weighted by molar-refractivity contribution is 5.75. The first-order valence-electron chi connectivity index (χ1n) is 8.73. The van der Waals surface area contributed by atoms with Crippen molar-refractivity contribution in [3.63, 3.8) is 0 Å². The average molecular weight is 348 g/mol. The lowest BCUT2D eigenvalue weighted by molar-refractivity contribution is 0.191. The molecule has 1 heterocycles. The first kappa shape index (κ1) is 17.7. The normalized spacial score (nSPS) is 13.0. The van der Waals surface area contributed by atoms with Crippen molar-refractivity contribution < 1.29 is 4.79 Å². The summed E-state index contributed by atoms with van der Waals surface area (Å²) in [7, 11) is 1.82. The lowest BCUT2D eigenvalue weighted by atomic mass is 10.1. The van der Waals surface area contributed by atoms with Crippen molar-refractivity contribution in [2.45, 2.75) is 25.9 Å². The van der Waals surface area contributed by atoms with E-state index in [0.717, 1.165) is 16.8 Å². The van der Waals surface area contributed by atoms with E-state index in [1.165, 1.54) is 0 Å². The highest BCUT2D eigenvalue weighted by Crippen LogP contribution is 2.20. The van der Waals surface area contributed by atoms with Gasteiger partial charge in [0, 0.05) is 25.1 Å². The molecule has 2 atom stereocenters. The summed E-state index contributed by atoms with van der Waals surface area (Å²) in [6.07, 6.45) is 5.42. The predicted molar refractivity (Wildman–Crippen MR) is 103 cm³/mol. The maximum atomic E-state index is 12.6. The molecule has 2 aromatic carbocycles. The summed E-state index contributed by atoms with van der Waals surface area (Å²) in [5.74, 6) is 0. The van der Waals surface area contributed by atoms with Crippen LogP contribution in [0, 0.1) is 0 Å². The van der Waals surface area contributed by atoms with Gasteiger partial charge >= 0.3 is 6.03 Å². The van der Waals surface area contributed by atoms with Crippen LogP contribution in [0.1, 0.15) is 37.1 Å². The quantitative estimate of drug-likeness (QED) is 0.746. The van der Waals surface area contributed by atoms with Crippen molar-refractivity contribution in [1.29, 1.82) is 0 Å². The van der Waals surface area contributed by atoms with Crippen molar-refractivity contribution in [2.75, 3.05) is 7.05 Å². The maximum absolute atomic E-state index is 12.6. The number of urea groups is 1. The molecule has 0 spiro atoms. The molecule has 0 fully saturated rings. The number of benzene rings is 2. The van der Waals surface area contributed by atoms with Gasteiger partial charge in [0.2, 0.25) is 0 Å². The zero-order valence-corrected chi connectivity index (χ0v) is 15.3. The number of rotatable bonds is 5. The van der Waals surface area contributed by atoms with Crippen LogP contribution < -0.4 is 5.32 Å². The predicted octanol–water partition coefficient (Wildman–Crippen LogP) is 4.34. The largest absolute Gasteiger partial charge is 0.331 e. The molecule has 0 bridgehead atoms. The number of amides is 2. The van der Waals surface area contributed by atoms with Gasteiger partial charge in [0.15, 0.2) is 0 Å². The van der Waals surface area contributed by atoms with Gasteiger partial charge < -0.3 is 14.8 Å². The molecular weight excluding hydrogens is 324 g/mol. The number of aromatic nitrogens is 2. The fourth-order valence-electron chi connectivity index (χ4n) is 2.85. The summed E-state index contributed by atoms with van der Waals surface area (Å²) in [5.41, 5.74) is 3.21. The molecule has 1 N–H and O–H groups in total. The van der Waals surface area contributed by atoms with Crippen molar-refractivity contribution in [1.82, 2.24) is 19.8 Å². The van der Waals surface area contributed by atoms with Gasteiger partial charge in [-0.3, -0.25) is 0 Å². The fourth-order valence-corrected chi connectivity index (χ4v) is 2.85. The summed E-state index contributed by atoms with van der Waals surface area (Å²) in [5, 5.41) is 3.07.